The fourth-order valence-electron chi connectivity index (χ4n) is 3.08. The molecule has 4 heterocycles. The molecule has 0 fully saturated rings. The van der Waals surface area contributed by atoms with Gasteiger partial charge in [-0.05, 0) is 24.3 Å². The zero-order valence-corrected chi connectivity index (χ0v) is 13.0. The normalized spacial score (nSPS) is 14.3. The smallest absolute Gasteiger partial charge is 0.262 e. The third-order valence-corrected chi connectivity index (χ3v) is 4.31. The largest absolute Gasteiger partial charge is 0.286 e. The van der Waals surface area contributed by atoms with Crippen LogP contribution in [0.4, 0.5) is 0 Å². The highest BCUT2D eigenvalue weighted by Gasteiger charge is 2.21. The van der Waals surface area contributed by atoms with Gasteiger partial charge in [-0.1, -0.05) is 6.07 Å². The van der Waals surface area contributed by atoms with Gasteiger partial charge in [-0.2, -0.15) is 5.26 Å². The maximum Gasteiger partial charge on any atom is 0.262 e. The van der Waals surface area contributed by atoms with E-state index in [2.05, 4.69) is 16.0 Å². The van der Waals surface area contributed by atoms with Gasteiger partial charge in [0.1, 0.15) is 5.65 Å². The summed E-state index contributed by atoms with van der Waals surface area (Å²) in [6, 6.07) is 11.6. The predicted molar refractivity (Wildman–Crippen MR) is 89.3 cm³/mol. The topological polar surface area (TPSA) is 74.3 Å². The highest BCUT2D eigenvalue weighted by atomic mass is 16.1. The van der Waals surface area contributed by atoms with E-state index in [4.69, 9.17) is 5.26 Å². The number of nitrogens with zero attached hydrogens (tertiary/aromatic N) is 5. The van der Waals surface area contributed by atoms with E-state index in [1.165, 1.54) is 0 Å². The summed E-state index contributed by atoms with van der Waals surface area (Å²) < 4.78 is 1.57. The quantitative estimate of drug-likeness (QED) is 0.672. The van der Waals surface area contributed by atoms with Gasteiger partial charge in [0.15, 0.2) is 0 Å². The van der Waals surface area contributed by atoms with Gasteiger partial charge < -0.3 is 0 Å². The second-order valence-corrected chi connectivity index (χ2v) is 5.82. The van der Waals surface area contributed by atoms with Crippen molar-refractivity contribution in [2.45, 2.75) is 13.0 Å². The highest BCUT2D eigenvalue weighted by Crippen LogP contribution is 2.19. The minimum atomic E-state index is -0.0507. The Bertz CT molecular complexity index is 1000. The number of fused-ring (bicyclic) bond motifs is 2. The van der Waals surface area contributed by atoms with Gasteiger partial charge in [0.05, 0.1) is 29.6 Å². The van der Waals surface area contributed by atoms with E-state index >= 15 is 0 Å². The van der Waals surface area contributed by atoms with E-state index < -0.39 is 0 Å². The van der Waals surface area contributed by atoms with Crippen LogP contribution in [-0.4, -0.2) is 32.4 Å². The molecule has 0 aliphatic carbocycles. The monoisotopic (exact) mass is 317 g/mol. The molecule has 0 N–H and O–H groups in total. The molecule has 0 saturated carbocycles. The minimum Gasteiger partial charge on any atom is -0.286 e. The minimum absolute atomic E-state index is 0.0507. The molecule has 3 aromatic heterocycles. The second kappa shape index (κ2) is 5.87. The molecule has 6 nitrogen and oxygen atoms in total. The Balaban J connectivity index is 1.82. The fourth-order valence-corrected chi connectivity index (χ4v) is 3.08. The lowest BCUT2D eigenvalue weighted by atomic mass is 10.1. The molecule has 0 amide bonds. The summed E-state index contributed by atoms with van der Waals surface area (Å²) in [6.07, 6.45) is 4.19. The maximum absolute atomic E-state index is 12.8. The Labute approximate surface area is 138 Å². The van der Waals surface area contributed by atoms with Crippen molar-refractivity contribution < 1.29 is 0 Å². The average Bonchev–Trinajstić information content (AvgIpc) is 2.63. The summed E-state index contributed by atoms with van der Waals surface area (Å²) in [4.78, 5) is 23.8. The van der Waals surface area contributed by atoms with Crippen molar-refractivity contribution in [3.05, 3.63) is 64.3 Å². The fraction of sp³-hybridized carbons (Fsp3) is 0.222. The van der Waals surface area contributed by atoms with Crippen LogP contribution in [0.5, 0.6) is 0 Å². The molecule has 118 valence electrons. The van der Waals surface area contributed by atoms with E-state index in [0.717, 1.165) is 23.5 Å². The Hall–Kier alpha value is -3.04. The first kappa shape index (κ1) is 14.5. The Morgan fingerprint density at radius 1 is 1.29 bits per heavy atom. The van der Waals surface area contributed by atoms with Crippen molar-refractivity contribution in [1.29, 1.82) is 5.26 Å². The van der Waals surface area contributed by atoms with Crippen LogP contribution in [0.2, 0.25) is 0 Å². The number of aromatic nitrogens is 3. The summed E-state index contributed by atoms with van der Waals surface area (Å²) in [5.74, 6) is 0. The molecule has 0 spiro atoms. The molecule has 0 atom stereocenters. The molecule has 0 saturated heterocycles. The molecule has 1 aliphatic rings. The SMILES string of the molecule is N#CCN1CCc2nc3cc(-c4ccccn4)ccn3c(=O)c2C1. The lowest BCUT2D eigenvalue weighted by Crippen LogP contribution is -2.36. The first-order chi connectivity index (χ1) is 11.8. The summed E-state index contributed by atoms with van der Waals surface area (Å²) in [5, 5.41) is 8.85. The highest BCUT2D eigenvalue weighted by molar-refractivity contribution is 5.64. The molecule has 0 unspecified atom stereocenters. The Kier molecular flexibility index (Phi) is 3.56. The lowest BCUT2D eigenvalue weighted by Gasteiger charge is -2.25. The molecule has 6 heteroatoms. The van der Waals surface area contributed by atoms with Crippen molar-refractivity contribution in [2.24, 2.45) is 0 Å². The predicted octanol–water partition coefficient (Wildman–Crippen LogP) is 1.64. The van der Waals surface area contributed by atoms with Gasteiger partial charge in [-0.3, -0.25) is 19.1 Å². The first-order valence-electron chi connectivity index (χ1n) is 7.81. The molecule has 24 heavy (non-hydrogen) atoms. The number of hydrogen-bond acceptors (Lipinski definition) is 5. The Morgan fingerprint density at radius 3 is 3.00 bits per heavy atom. The van der Waals surface area contributed by atoms with Gasteiger partial charge in [-0.15, -0.1) is 0 Å². The number of hydrogen-bond donors (Lipinski definition) is 0. The third-order valence-electron chi connectivity index (χ3n) is 4.31. The third kappa shape index (κ3) is 2.45. The van der Waals surface area contributed by atoms with Crippen LogP contribution in [0, 0.1) is 11.3 Å². The summed E-state index contributed by atoms with van der Waals surface area (Å²) in [7, 11) is 0. The second-order valence-electron chi connectivity index (χ2n) is 5.82. The van der Waals surface area contributed by atoms with Gasteiger partial charge >= 0.3 is 0 Å². The van der Waals surface area contributed by atoms with Gasteiger partial charge in [-0.25, -0.2) is 4.98 Å². The molecule has 0 bridgehead atoms. The average molecular weight is 317 g/mol. The summed E-state index contributed by atoms with van der Waals surface area (Å²) >= 11 is 0. The molecule has 0 aromatic carbocycles. The molecule has 3 aromatic rings. The van der Waals surface area contributed by atoms with Crippen LogP contribution in [0.3, 0.4) is 0 Å². The van der Waals surface area contributed by atoms with Crippen LogP contribution < -0.4 is 5.56 Å². The van der Waals surface area contributed by atoms with Gasteiger partial charge in [0.25, 0.3) is 5.56 Å². The molecule has 0 radical (unpaired) electrons. The van der Waals surface area contributed by atoms with Gasteiger partial charge in [0.2, 0.25) is 0 Å². The molecular formula is C18H15N5O. The van der Waals surface area contributed by atoms with Crippen molar-refractivity contribution in [3.63, 3.8) is 0 Å². The van der Waals surface area contributed by atoms with Crippen LogP contribution in [0.1, 0.15) is 11.3 Å². The van der Waals surface area contributed by atoms with Crippen molar-refractivity contribution in [3.8, 4) is 17.3 Å². The van der Waals surface area contributed by atoms with E-state index in [9.17, 15) is 4.79 Å². The van der Waals surface area contributed by atoms with E-state index in [1.54, 1.807) is 16.8 Å². The summed E-state index contributed by atoms with van der Waals surface area (Å²) in [5.41, 5.74) is 3.91. The van der Waals surface area contributed by atoms with Crippen molar-refractivity contribution >= 4 is 5.65 Å². The lowest BCUT2D eigenvalue weighted by molar-refractivity contribution is 0.280. The van der Waals surface area contributed by atoms with Crippen molar-refractivity contribution in [1.82, 2.24) is 19.3 Å². The molecule has 1 aliphatic heterocycles. The maximum atomic E-state index is 12.8. The zero-order chi connectivity index (χ0) is 16.5. The van der Waals surface area contributed by atoms with Crippen LogP contribution >= 0.6 is 0 Å². The number of pyridine rings is 2. The molecular weight excluding hydrogens is 302 g/mol. The van der Waals surface area contributed by atoms with Crippen LogP contribution in [0.15, 0.2) is 47.5 Å². The van der Waals surface area contributed by atoms with E-state index in [0.29, 0.717) is 30.7 Å². The summed E-state index contributed by atoms with van der Waals surface area (Å²) in [6.45, 7) is 1.57. The van der Waals surface area contributed by atoms with E-state index in [1.807, 2.05) is 35.2 Å². The molecule has 4 rings (SSSR count). The zero-order valence-electron chi connectivity index (χ0n) is 13.0. The standard InChI is InChI=1S/C18H15N5O/c19-6-10-22-8-5-16-14(12-22)18(24)23-9-4-13(11-17(23)21-16)15-3-1-2-7-20-15/h1-4,7,9,11H,5,8,10,12H2. The number of rotatable bonds is 2. The van der Waals surface area contributed by atoms with Crippen LogP contribution in [-0.2, 0) is 13.0 Å². The number of nitriles is 1. The van der Waals surface area contributed by atoms with Crippen molar-refractivity contribution in [2.75, 3.05) is 13.1 Å². The Morgan fingerprint density at radius 2 is 2.21 bits per heavy atom. The van der Waals surface area contributed by atoms with Gasteiger partial charge in [0, 0.05) is 37.5 Å². The van der Waals surface area contributed by atoms with Crippen LogP contribution in [0.25, 0.3) is 16.9 Å². The van der Waals surface area contributed by atoms with E-state index in [-0.39, 0.29) is 5.56 Å². The first-order valence-corrected chi connectivity index (χ1v) is 7.81.